The predicted octanol–water partition coefficient (Wildman–Crippen LogP) is 1.91. The summed E-state index contributed by atoms with van der Waals surface area (Å²) in [6.45, 7) is 3.48. The number of nitro benzene ring substituents is 1. The number of phenolic OH excluding ortho intramolecular Hbond substituents is 1. The lowest BCUT2D eigenvalue weighted by Gasteiger charge is -2.06. The number of rotatable bonds is 3. The van der Waals surface area contributed by atoms with Gasteiger partial charge in [-0.15, -0.1) is 19.0 Å². The average Bonchev–Trinajstić information content (AvgIpc) is 2.17. The molecule has 5 nitrogen and oxygen atoms in total. The Labute approximate surface area is 92.8 Å². The molecule has 0 radical (unpaired) electrons. The minimum atomic E-state index is -0.658. The van der Waals surface area contributed by atoms with Gasteiger partial charge in [-0.25, -0.2) is 0 Å². The minimum Gasteiger partial charge on any atom is -0.502 e. The Hall–Kier alpha value is -1.59. The third kappa shape index (κ3) is 2.93. The van der Waals surface area contributed by atoms with Gasteiger partial charge < -0.3 is 10.8 Å². The molecule has 0 aliphatic heterocycles. The Morgan fingerprint density at radius 1 is 1.60 bits per heavy atom. The Morgan fingerprint density at radius 3 is 2.67 bits per heavy atom. The van der Waals surface area contributed by atoms with Crippen molar-refractivity contribution < 1.29 is 10.0 Å². The van der Waals surface area contributed by atoms with E-state index in [1.54, 1.807) is 0 Å². The van der Waals surface area contributed by atoms with Gasteiger partial charge >= 0.3 is 5.69 Å². The van der Waals surface area contributed by atoms with Crippen LogP contribution in [-0.2, 0) is 0 Å². The highest BCUT2D eigenvalue weighted by atomic mass is 35.5. The molecule has 1 rings (SSSR count). The molecular formula is C9H11ClN2O3. The molecule has 0 aliphatic carbocycles. The van der Waals surface area contributed by atoms with Crippen LogP contribution in [-0.4, -0.2) is 10.0 Å². The summed E-state index contributed by atoms with van der Waals surface area (Å²) < 4.78 is 0. The highest BCUT2D eigenvalue weighted by molar-refractivity contribution is 5.85. The maximum Gasteiger partial charge on any atom is 0.311 e. The van der Waals surface area contributed by atoms with Crippen LogP contribution in [0, 0.1) is 10.1 Å². The molecule has 0 saturated heterocycles. The molecule has 0 amide bonds. The predicted molar refractivity (Wildman–Crippen MR) is 59.1 cm³/mol. The fraction of sp³-hybridized carbons (Fsp3) is 0.111. The van der Waals surface area contributed by atoms with E-state index in [4.69, 9.17) is 10.8 Å². The van der Waals surface area contributed by atoms with E-state index in [0.29, 0.717) is 5.56 Å². The molecule has 0 saturated carbocycles. The molecule has 82 valence electrons. The van der Waals surface area contributed by atoms with Crippen LogP contribution in [0.5, 0.6) is 5.75 Å². The smallest absolute Gasteiger partial charge is 0.311 e. The van der Waals surface area contributed by atoms with Crippen LogP contribution in [0.15, 0.2) is 30.9 Å². The summed E-state index contributed by atoms with van der Waals surface area (Å²) in [5, 5.41) is 19.6. The summed E-state index contributed by atoms with van der Waals surface area (Å²) in [6.07, 6.45) is 1.47. The van der Waals surface area contributed by atoms with Gasteiger partial charge in [-0.3, -0.25) is 10.1 Å². The van der Waals surface area contributed by atoms with Gasteiger partial charge in [0, 0.05) is 12.1 Å². The number of phenols is 1. The van der Waals surface area contributed by atoms with Gasteiger partial charge in [0.25, 0.3) is 0 Å². The SMILES string of the molecule is C=C[C@@H](N)c1ccc(O)c([N+](=O)[O-])c1.Cl. The van der Waals surface area contributed by atoms with Gasteiger partial charge in [0.15, 0.2) is 5.75 Å². The molecule has 0 bridgehead atoms. The second kappa shape index (κ2) is 5.33. The number of nitro groups is 1. The van der Waals surface area contributed by atoms with Crippen molar-refractivity contribution >= 4 is 18.1 Å². The Bertz CT molecular complexity index is 382. The third-order valence-corrected chi connectivity index (χ3v) is 1.84. The van der Waals surface area contributed by atoms with E-state index in [1.165, 1.54) is 24.3 Å². The van der Waals surface area contributed by atoms with E-state index in [0.717, 1.165) is 0 Å². The van der Waals surface area contributed by atoms with Crippen molar-refractivity contribution in [3.63, 3.8) is 0 Å². The molecule has 1 aromatic carbocycles. The highest BCUT2D eigenvalue weighted by Crippen LogP contribution is 2.28. The highest BCUT2D eigenvalue weighted by Gasteiger charge is 2.15. The van der Waals surface area contributed by atoms with Gasteiger partial charge in [0.05, 0.1) is 4.92 Å². The molecule has 0 unspecified atom stereocenters. The average molecular weight is 231 g/mol. The van der Waals surface area contributed by atoms with Crippen molar-refractivity contribution in [3.8, 4) is 5.75 Å². The van der Waals surface area contributed by atoms with Crippen molar-refractivity contribution in [3.05, 3.63) is 46.5 Å². The van der Waals surface area contributed by atoms with Gasteiger partial charge in [0.1, 0.15) is 0 Å². The number of aromatic hydroxyl groups is 1. The lowest BCUT2D eigenvalue weighted by atomic mass is 10.1. The van der Waals surface area contributed by atoms with Crippen LogP contribution in [0.2, 0.25) is 0 Å². The van der Waals surface area contributed by atoms with Crippen LogP contribution in [0.4, 0.5) is 5.69 Å². The minimum absolute atomic E-state index is 0. The molecule has 0 aromatic heterocycles. The maximum atomic E-state index is 10.5. The quantitative estimate of drug-likeness (QED) is 0.472. The van der Waals surface area contributed by atoms with Crippen molar-refractivity contribution in [2.24, 2.45) is 5.73 Å². The largest absolute Gasteiger partial charge is 0.502 e. The third-order valence-electron chi connectivity index (χ3n) is 1.84. The molecule has 0 heterocycles. The molecule has 0 aliphatic rings. The number of nitrogens with two attached hydrogens (primary N) is 1. The molecule has 0 spiro atoms. The topological polar surface area (TPSA) is 89.4 Å². The van der Waals surface area contributed by atoms with E-state index < -0.39 is 11.0 Å². The first-order valence-electron chi connectivity index (χ1n) is 3.91. The molecule has 1 atom stereocenters. The zero-order valence-electron chi connectivity index (χ0n) is 7.79. The summed E-state index contributed by atoms with van der Waals surface area (Å²) >= 11 is 0. The van der Waals surface area contributed by atoms with E-state index in [-0.39, 0.29) is 23.8 Å². The maximum absolute atomic E-state index is 10.5. The van der Waals surface area contributed by atoms with E-state index in [2.05, 4.69) is 6.58 Å². The van der Waals surface area contributed by atoms with Crippen molar-refractivity contribution in [2.75, 3.05) is 0 Å². The lowest BCUT2D eigenvalue weighted by Crippen LogP contribution is -2.06. The number of benzene rings is 1. The summed E-state index contributed by atoms with van der Waals surface area (Å²) in [5.74, 6) is -0.366. The molecule has 3 N–H and O–H groups in total. The Balaban J connectivity index is 0.00000196. The standard InChI is InChI=1S/C9H10N2O3.ClH/c1-2-7(10)6-3-4-9(12)8(5-6)11(13)14;/h2-5,7,12H,1,10H2;1H/t7-;/m1./s1. The molecule has 0 fully saturated rings. The first-order valence-corrected chi connectivity index (χ1v) is 3.91. The van der Waals surface area contributed by atoms with Crippen molar-refractivity contribution in [2.45, 2.75) is 6.04 Å². The molecule has 1 aromatic rings. The van der Waals surface area contributed by atoms with Gasteiger partial charge in [-0.1, -0.05) is 12.1 Å². The summed E-state index contributed by atoms with van der Waals surface area (Å²) in [6, 6.07) is 3.54. The van der Waals surface area contributed by atoms with Gasteiger partial charge in [-0.2, -0.15) is 0 Å². The normalized spacial score (nSPS) is 11.3. The fourth-order valence-corrected chi connectivity index (χ4v) is 1.03. The van der Waals surface area contributed by atoms with Crippen molar-refractivity contribution in [1.29, 1.82) is 0 Å². The van der Waals surface area contributed by atoms with Crippen molar-refractivity contribution in [1.82, 2.24) is 0 Å². The van der Waals surface area contributed by atoms with E-state index >= 15 is 0 Å². The monoisotopic (exact) mass is 230 g/mol. The second-order valence-electron chi connectivity index (χ2n) is 2.77. The Kier molecular flexibility index (Phi) is 4.77. The number of nitrogens with zero attached hydrogens (tertiary/aromatic N) is 1. The lowest BCUT2D eigenvalue weighted by molar-refractivity contribution is -0.385. The second-order valence-corrected chi connectivity index (χ2v) is 2.77. The summed E-state index contributed by atoms with van der Waals surface area (Å²) in [7, 11) is 0. The number of hydrogen-bond donors (Lipinski definition) is 2. The first-order chi connectivity index (χ1) is 6.56. The van der Waals surface area contributed by atoms with Crippen LogP contribution < -0.4 is 5.73 Å². The van der Waals surface area contributed by atoms with Crippen LogP contribution in [0.1, 0.15) is 11.6 Å². The van der Waals surface area contributed by atoms with Crippen LogP contribution in [0.25, 0.3) is 0 Å². The molecular weight excluding hydrogens is 220 g/mol. The zero-order valence-corrected chi connectivity index (χ0v) is 8.61. The van der Waals surface area contributed by atoms with Gasteiger partial charge in [0.2, 0.25) is 0 Å². The van der Waals surface area contributed by atoms with E-state index in [9.17, 15) is 10.1 Å². The summed E-state index contributed by atoms with van der Waals surface area (Å²) in [5.41, 5.74) is 5.79. The van der Waals surface area contributed by atoms with Gasteiger partial charge in [-0.05, 0) is 11.6 Å². The number of hydrogen-bond acceptors (Lipinski definition) is 4. The summed E-state index contributed by atoms with van der Waals surface area (Å²) in [4.78, 5) is 9.81. The van der Waals surface area contributed by atoms with E-state index in [1.807, 2.05) is 0 Å². The van der Waals surface area contributed by atoms with Crippen LogP contribution >= 0.6 is 12.4 Å². The first kappa shape index (κ1) is 13.4. The zero-order chi connectivity index (χ0) is 10.7. The Morgan fingerprint density at radius 2 is 2.20 bits per heavy atom. The van der Waals surface area contributed by atoms with Crippen LogP contribution in [0.3, 0.4) is 0 Å². The number of halogens is 1. The molecule has 15 heavy (non-hydrogen) atoms. The fourth-order valence-electron chi connectivity index (χ4n) is 1.03. The molecule has 6 heteroatoms.